The van der Waals surface area contributed by atoms with Crippen LogP contribution in [-0.2, 0) is 12.8 Å². The van der Waals surface area contributed by atoms with Crippen LogP contribution in [-0.4, -0.2) is 27.2 Å². The second-order valence-electron chi connectivity index (χ2n) is 6.89. The Labute approximate surface area is 157 Å². The summed E-state index contributed by atoms with van der Waals surface area (Å²) in [6.45, 7) is 3.04. The van der Waals surface area contributed by atoms with Gasteiger partial charge in [0, 0.05) is 24.3 Å². The van der Waals surface area contributed by atoms with Crippen LogP contribution < -0.4 is 10.5 Å². The molecular formula is C20H24N4OS. The van der Waals surface area contributed by atoms with E-state index in [0.29, 0.717) is 11.0 Å². The van der Waals surface area contributed by atoms with Gasteiger partial charge in [-0.1, -0.05) is 48.6 Å². The summed E-state index contributed by atoms with van der Waals surface area (Å²) in [5, 5.41) is 5.51. The maximum Gasteiger partial charge on any atom is 0.275 e. The molecule has 0 bridgehead atoms. The van der Waals surface area contributed by atoms with Gasteiger partial charge in [-0.25, -0.2) is 4.98 Å². The Morgan fingerprint density at radius 3 is 2.92 bits per heavy atom. The van der Waals surface area contributed by atoms with Gasteiger partial charge in [0.2, 0.25) is 10.1 Å². The van der Waals surface area contributed by atoms with Crippen molar-refractivity contribution >= 4 is 21.4 Å². The third-order valence-electron chi connectivity index (χ3n) is 5.12. The van der Waals surface area contributed by atoms with Gasteiger partial charge in [-0.15, -0.1) is 5.10 Å². The van der Waals surface area contributed by atoms with Gasteiger partial charge in [0.1, 0.15) is 0 Å². The molecule has 0 aliphatic carbocycles. The SMILES string of the molecule is CCc1cc(=O)n2nc(N3CCCC3CCCc3ccccc3)sc2n1. The molecule has 26 heavy (non-hydrogen) atoms. The predicted molar refractivity (Wildman–Crippen MR) is 106 cm³/mol. The van der Waals surface area contributed by atoms with Gasteiger partial charge in [0.25, 0.3) is 5.56 Å². The van der Waals surface area contributed by atoms with Crippen molar-refractivity contribution in [2.75, 3.05) is 11.4 Å². The summed E-state index contributed by atoms with van der Waals surface area (Å²) < 4.78 is 1.46. The van der Waals surface area contributed by atoms with Crippen LogP contribution in [0.15, 0.2) is 41.2 Å². The zero-order valence-corrected chi connectivity index (χ0v) is 15.9. The molecular weight excluding hydrogens is 344 g/mol. The summed E-state index contributed by atoms with van der Waals surface area (Å²) in [5.74, 6) is 0. The van der Waals surface area contributed by atoms with Crippen molar-refractivity contribution in [3.63, 3.8) is 0 Å². The van der Waals surface area contributed by atoms with E-state index in [1.165, 1.54) is 40.7 Å². The number of fused-ring (bicyclic) bond motifs is 1. The van der Waals surface area contributed by atoms with Crippen molar-refractivity contribution < 1.29 is 0 Å². The fourth-order valence-electron chi connectivity index (χ4n) is 3.72. The molecule has 0 amide bonds. The molecule has 136 valence electrons. The van der Waals surface area contributed by atoms with E-state index in [0.717, 1.165) is 36.6 Å². The molecule has 0 saturated carbocycles. The Morgan fingerprint density at radius 1 is 1.27 bits per heavy atom. The summed E-state index contributed by atoms with van der Waals surface area (Å²) in [7, 11) is 0. The molecule has 5 nitrogen and oxygen atoms in total. The lowest BCUT2D eigenvalue weighted by molar-refractivity contribution is 0.577. The summed E-state index contributed by atoms with van der Waals surface area (Å²) in [4.78, 5) is 19.9. The summed E-state index contributed by atoms with van der Waals surface area (Å²) in [6.07, 6.45) is 6.61. The second-order valence-corrected chi connectivity index (χ2v) is 7.82. The topological polar surface area (TPSA) is 50.5 Å². The number of hydrogen-bond donors (Lipinski definition) is 0. The molecule has 1 aromatic carbocycles. The quantitative estimate of drug-likeness (QED) is 0.666. The molecule has 1 fully saturated rings. The van der Waals surface area contributed by atoms with Crippen molar-refractivity contribution in [1.29, 1.82) is 0 Å². The van der Waals surface area contributed by atoms with E-state index in [9.17, 15) is 4.79 Å². The normalized spacial score (nSPS) is 17.3. The lowest BCUT2D eigenvalue weighted by Crippen LogP contribution is -2.29. The van der Waals surface area contributed by atoms with Crippen LogP contribution in [0.3, 0.4) is 0 Å². The summed E-state index contributed by atoms with van der Waals surface area (Å²) in [6, 6.07) is 12.8. The van der Waals surface area contributed by atoms with Crippen LogP contribution in [0.5, 0.6) is 0 Å². The highest BCUT2D eigenvalue weighted by Crippen LogP contribution is 2.31. The van der Waals surface area contributed by atoms with Crippen LogP contribution in [0.1, 0.15) is 43.9 Å². The Morgan fingerprint density at radius 2 is 2.12 bits per heavy atom. The van der Waals surface area contributed by atoms with Crippen LogP contribution in [0.2, 0.25) is 0 Å². The van der Waals surface area contributed by atoms with Gasteiger partial charge in [-0.2, -0.15) is 4.52 Å². The van der Waals surface area contributed by atoms with Crippen molar-refractivity contribution in [1.82, 2.24) is 14.6 Å². The minimum atomic E-state index is -0.0748. The molecule has 3 heterocycles. The van der Waals surface area contributed by atoms with Crippen LogP contribution >= 0.6 is 11.3 Å². The summed E-state index contributed by atoms with van der Waals surface area (Å²) >= 11 is 1.54. The van der Waals surface area contributed by atoms with Crippen LogP contribution in [0.25, 0.3) is 4.96 Å². The molecule has 1 atom stereocenters. The number of anilines is 1. The predicted octanol–water partition coefficient (Wildman–Crippen LogP) is 3.71. The van der Waals surface area contributed by atoms with Crippen molar-refractivity contribution in [2.24, 2.45) is 0 Å². The first-order valence-electron chi connectivity index (χ1n) is 9.45. The third kappa shape index (κ3) is 3.51. The number of nitrogens with zero attached hydrogens (tertiary/aromatic N) is 4. The number of aryl methyl sites for hydroxylation is 2. The van der Waals surface area contributed by atoms with E-state index < -0.39 is 0 Å². The maximum atomic E-state index is 12.2. The number of hydrogen-bond acceptors (Lipinski definition) is 5. The molecule has 1 aliphatic rings. The largest absolute Gasteiger partial charge is 0.344 e. The average Bonchev–Trinajstić information content (AvgIpc) is 3.29. The minimum absolute atomic E-state index is 0.0748. The van der Waals surface area contributed by atoms with Gasteiger partial charge < -0.3 is 4.90 Å². The summed E-state index contributed by atoms with van der Waals surface area (Å²) in [5.41, 5.74) is 2.17. The van der Waals surface area contributed by atoms with E-state index in [1.807, 2.05) is 6.92 Å². The van der Waals surface area contributed by atoms with Crippen LogP contribution in [0, 0.1) is 0 Å². The first kappa shape index (κ1) is 17.2. The highest BCUT2D eigenvalue weighted by Gasteiger charge is 2.27. The highest BCUT2D eigenvalue weighted by atomic mass is 32.1. The number of aromatic nitrogens is 3. The van der Waals surface area contributed by atoms with Gasteiger partial charge in [-0.05, 0) is 44.1 Å². The minimum Gasteiger partial charge on any atom is -0.344 e. The molecule has 2 aromatic heterocycles. The number of benzene rings is 1. The molecule has 1 unspecified atom stereocenters. The van der Waals surface area contributed by atoms with Crippen molar-refractivity contribution in [3.05, 3.63) is 58.0 Å². The standard InChI is InChI=1S/C20H24N4OS/c1-2-16-14-18(25)24-19(21-16)26-20(22-24)23-13-7-12-17(23)11-6-10-15-8-4-3-5-9-15/h3-5,8-9,14,17H,2,6-7,10-13H2,1H3. The van der Waals surface area contributed by atoms with E-state index in [-0.39, 0.29) is 5.56 Å². The van der Waals surface area contributed by atoms with Gasteiger partial charge in [0.05, 0.1) is 0 Å². The average molecular weight is 369 g/mol. The molecule has 0 N–H and O–H groups in total. The Bertz CT molecular complexity index is 934. The molecule has 1 saturated heterocycles. The first-order valence-corrected chi connectivity index (χ1v) is 10.3. The van der Waals surface area contributed by atoms with Gasteiger partial charge >= 0.3 is 0 Å². The highest BCUT2D eigenvalue weighted by molar-refractivity contribution is 7.20. The van der Waals surface area contributed by atoms with E-state index in [1.54, 1.807) is 6.07 Å². The lowest BCUT2D eigenvalue weighted by atomic mass is 10.0. The van der Waals surface area contributed by atoms with Gasteiger partial charge in [-0.3, -0.25) is 4.79 Å². The second kappa shape index (κ2) is 7.58. The first-order chi connectivity index (χ1) is 12.7. The molecule has 0 radical (unpaired) electrons. The molecule has 3 aromatic rings. The van der Waals surface area contributed by atoms with E-state index >= 15 is 0 Å². The zero-order valence-electron chi connectivity index (χ0n) is 15.1. The fraction of sp³-hybridized carbons (Fsp3) is 0.450. The molecule has 1 aliphatic heterocycles. The van der Waals surface area contributed by atoms with E-state index in [2.05, 4.69) is 45.3 Å². The maximum absolute atomic E-state index is 12.2. The number of rotatable bonds is 6. The molecule has 6 heteroatoms. The monoisotopic (exact) mass is 368 g/mol. The molecule has 4 rings (SSSR count). The fourth-order valence-corrected chi connectivity index (χ4v) is 4.74. The molecule has 0 spiro atoms. The van der Waals surface area contributed by atoms with Crippen molar-refractivity contribution in [3.8, 4) is 0 Å². The zero-order chi connectivity index (χ0) is 17.9. The van der Waals surface area contributed by atoms with E-state index in [4.69, 9.17) is 0 Å². The Hall–Kier alpha value is -2.21. The van der Waals surface area contributed by atoms with Gasteiger partial charge in [0.15, 0.2) is 0 Å². The Kier molecular flexibility index (Phi) is 5.02. The van der Waals surface area contributed by atoms with Crippen molar-refractivity contribution in [2.45, 2.75) is 51.5 Å². The van der Waals surface area contributed by atoms with Crippen LogP contribution in [0.4, 0.5) is 5.13 Å². The smallest absolute Gasteiger partial charge is 0.275 e. The Balaban J connectivity index is 1.48. The lowest BCUT2D eigenvalue weighted by Gasteiger charge is -2.23. The third-order valence-corrected chi connectivity index (χ3v) is 6.06.